The van der Waals surface area contributed by atoms with Crippen molar-refractivity contribution >= 4 is 15.9 Å². The summed E-state index contributed by atoms with van der Waals surface area (Å²) < 4.78 is 14.0. The number of hydrogen-bond acceptors (Lipinski definition) is 2. The van der Waals surface area contributed by atoms with Gasteiger partial charge in [-0.05, 0) is 39.0 Å². The number of imidazole rings is 1. The van der Waals surface area contributed by atoms with E-state index in [2.05, 4.69) is 52.0 Å². The minimum absolute atomic E-state index is 0.0488. The maximum absolute atomic E-state index is 13.3. The van der Waals surface area contributed by atoms with E-state index in [9.17, 15) is 4.39 Å². The monoisotopic (exact) mass is 325 g/mol. The molecular weight excluding hydrogens is 309 g/mol. The number of aromatic amines is 1. The largest absolute Gasteiger partial charge is 0.341 e. The van der Waals surface area contributed by atoms with Crippen LogP contribution in [-0.2, 0) is 6.54 Å². The lowest BCUT2D eigenvalue weighted by atomic mass is 10.1. The van der Waals surface area contributed by atoms with E-state index in [0.29, 0.717) is 16.8 Å². The molecule has 0 unspecified atom stereocenters. The van der Waals surface area contributed by atoms with Gasteiger partial charge in [-0.15, -0.1) is 0 Å². The molecule has 0 aliphatic carbocycles. The van der Waals surface area contributed by atoms with E-state index < -0.39 is 0 Å². The van der Waals surface area contributed by atoms with Crippen molar-refractivity contribution in [3.63, 3.8) is 0 Å². The van der Waals surface area contributed by atoms with Gasteiger partial charge < -0.3 is 10.3 Å². The number of aromatic nitrogens is 2. The molecule has 19 heavy (non-hydrogen) atoms. The summed E-state index contributed by atoms with van der Waals surface area (Å²) in [7, 11) is 0. The van der Waals surface area contributed by atoms with Crippen LogP contribution in [0.5, 0.6) is 0 Å². The van der Waals surface area contributed by atoms with Crippen molar-refractivity contribution < 1.29 is 4.39 Å². The van der Waals surface area contributed by atoms with Gasteiger partial charge in [-0.1, -0.05) is 15.9 Å². The Morgan fingerprint density at radius 3 is 2.68 bits per heavy atom. The molecule has 0 atom stereocenters. The SMILES string of the molecule is CC(C)(C)NCc1cnc(-c2cc(F)cc(Br)c2)[nH]1. The van der Waals surface area contributed by atoms with Crippen molar-refractivity contribution in [1.82, 2.24) is 15.3 Å². The molecule has 1 aromatic carbocycles. The third-order valence-corrected chi connectivity index (χ3v) is 3.03. The van der Waals surface area contributed by atoms with Crippen molar-refractivity contribution in [1.29, 1.82) is 0 Å². The molecule has 0 spiro atoms. The Bertz CT molecular complexity index is 552. The van der Waals surface area contributed by atoms with Crippen LogP contribution in [0.15, 0.2) is 28.9 Å². The normalized spacial score (nSPS) is 11.8. The third kappa shape index (κ3) is 4.14. The van der Waals surface area contributed by atoms with Crippen LogP contribution in [0.25, 0.3) is 11.4 Å². The molecule has 0 fully saturated rings. The lowest BCUT2D eigenvalue weighted by molar-refractivity contribution is 0.422. The molecule has 0 amide bonds. The van der Waals surface area contributed by atoms with Gasteiger partial charge >= 0.3 is 0 Å². The standard InChI is InChI=1S/C14H17BrFN3/c1-14(2,3)18-8-12-7-17-13(19-12)9-4-10(15)6-11(16)5-9/h4-7,18H,8H2,1-3H3,(H,17,19). The summed E-state index contributed by atoms with van der Waals surface area (Å²) in [5, 5.41) is 3.37. The van der Waals surface area contributed by atoms with Gasteiger partial charge in [-0.25, -0.2) is 9.37 Å². The first-order valence-electron chi connectivity index (χ1n) is 6.09. The first-order chi connectivity index (χ1) is 8.83. The van der Waals surface area contributed by atoms with E-state index in [1.165, 1.54) is 12.1 Å². The van der Waals surface area contributed by atoms with Crippen LogP contribution in [0.4, 0.5) is 4.39 Å². The van der Waals surface area contributed by atoms with Gasteiger partial charge in [0.2, 0.25) is 0 Å². The van der Waals surface area contributed by atoms with Crippen LogP contribution in [0.2, 0.25) is 0 Å². The zero-order chi connectivity index (χ0) is 14.0. The average molecular weight is 326 g/mol. The van der Waals surface area contributed by atoms with E-state index >= 15 is 0 Å². The van der Waals surface area contributed by atoms with Crippen molar-refractivity contribution in [3.8, 4) is 11.4 Å². The van der Waals surface area contributed by atoms with Gasteiger partial charge in [0.1, 0.15) is 11.6 Å². The second-order valence-electron chi connectivity index (χ2n) is 5.52. The highest BCUT2D eigenvalue weighted by Crippen LogP contribution is 2.22. The van der Waals surface area contributed by atoms with Crippen molar-refractivity contribution in [2.75, 3.05) is 0 Å². The predicted molar refractivity (Wildman–Crippen MR) is 78.3 cm³/mol. The van der Waals surface area contributed by atoms with Crippen molar-refractivity contribution in [2.24, 2.45) is 0 Å². The predicted octanol–water partition coefficient (Wildman–Crippen LogP) is 3.87. The highest BCUT2D eigenvalue weighted by atomic mass is 79.9. The molecule has 2 aromatic rings. The molecule has 1 aromatic heterocycles. The fourth-order valence-electron chi connectivity index (χ4n) is 1.65. The fourth-order valence-corrected chi connectivity index (χ4v) is 2.11. The topological polar surface area (TPSA) is 40.7 Å². The number of rotatable bonds is 3. The van der Waals surface area contributed by atoms with Gasteiger partial charge in [0, 0.05) is 34.0 Å². The second kappa shape index (κ2) is 5.43. The van der Waals surface area contributed by atoms with Gasteiger partial charge in [-0.3, -0.25) is 0 Å². The summed E-state index contributed by atoms with van der Waals surface area (Å²) in [6.07, 6.45) is 1.77. The molecule has 0 saturated heterocycles. The number of halogens is 2. The van der Waals surface area contributed by atoms with Gasteiger partial charge in [0.05, 0.1) is 0 Å². The highest BCUT2D eigenvalue weighted by molar-refractivity contribution is 9.10. The van der Waals surface area contributed by atoms with Crippen LogP contribution in [0.3, 0.4) is 0 Å². The third-order valence-electron chi connectivity index (χ3n) is 2.57. The summed E-state index contributed by atoms with van der Waals surface area (Å²) in [6.45, 7) is 7.02. The van der Waals surface area contributed by atoms with E-state index in [1.807, 2.05) is 6.07 Å². The lowest BCUT2D eigenvalue weighted by Gasteiger charge is -2.19. The fraction of sp³-hybridized carbons (Fsp3) is 0.357. The van der Waals surface area contributed by atoms with E-state index in [-0.39, 0.29) is 11.4 Å². The van der Waals surface area contributed by atoms with E-state index in [0.717, 1.165) is 11.3 Å². The minimum Gasteiger partial charge on any atom is -0.341 e. The average Bonchev–Trinajstić information content (AvgIpc) is 2.72. The molecule has 3 nitrogen and oxygen atoms in total. The first kappa shape index (κ1) is 14.2. The van der Waals surface area contributed by atoms with Crippen LogP contribution in [0, 0.1) is 5.82 Å². The van der Waals surface area contributed by atoms with Gasteiger partial charge in [0.15, 0.2) is 0 Å². The Labute approximate surface area is 120 Å². The van der Waals surface area contributed by atoms with Crippen LogP contribution >= 0.6 is 15.9 Å². The van der Waals surface area contributed by atoms with E-state index in [1.54, 1.807) is 6.20 Å². The molecule has 2 rings (SSSR count). The summed E-state index contributed by atoms with van der Waals surface area (Å²) >= 11 is 3.28. The molecule has 102 valence electrons. The molecule has 0 radical (unpaired) electrons. The zero-order valence-corrected chi connectivity index (χ0v) is 12.8. The molecule has 0 aliphatic heterocycles. The smallest absolute Gasteiger partial charge is 0.137 e. The van der Waals surface area contributed by atoms with Crippen molar-refractivity contribution in [3.05, 3.63) is 40.4 Å². The highest BCUT2D eigenvalue weighted by Gasteiger charge is 2.10. The number of H-pyrrole nitrogens is 1. The van der Waals surface area contributed by atoms with Crippen molar-refractivity contribution in [2.45, 2.75) is 32.9 Å². The van der Waals surface area contributed by atoms with Gasteiger partial charge in [-0.2, -0.15) is 0 Å². The molecule has 5 heteroatoms. The summed E-state index contributed by atoms with van der Waals surface area (Å²) in [4.78, 5) is 7.48. The van der Waals surface area contributed by atoms with Crippen LogP contribution < -0.4 is 5.32 Å². The lowest BCUT2D eigenvalue weighted by Crippen LogP contribution is -2.35. The van der Waals surface area contributed by atoms with Crippen LogP contribution in [0.1, 0.15) is 26.5 Å². The molecule has 0 bridgehead atoms. The Morgan fingerprint density at radius 1 is 1.32 bits per heavy atom. The Kier molecular flexibility index (Phi) is 4.06. The summed E-state index contributed by atoms with van der Waals surface area (Å²) in [6, 6.07) is 4.72. The quantitative estimate of drug-likeness (QED) is 0.899. The molecular formula is C14H17BrFN3. The van der Waals surface area contributed by atoms with E-state index in [4.69, 9.17) is 0 Å². The molecule has 0 saturated carbocycles. The number of nitrogens with one attached hydrogen (secondary N) is 2. The number of hydrogen-bond donors (Lipinski definition) is 2. The molecule has 2 N–H and O–H groups in total. The van der Waals surface area contributed by atoms with Gasteiger partial charge in [0.25, 0.3) is 0 Å². The second-order valence-corrected chi connectivity index (χ2v) is 6.43. The maximum Gasteiger partial charge on any atom is 0.137 e. The Morgan fingerprint density at radius 2 is 2.05 bits per heavy atom. The zero-order valence-electron chi connectivity index (χ0n) is 11.2. The molecule has 0 aliphatic rings. The number of benzene rings is 1. The molecule has 1 heterocycles. The summed E-state index contributed by atoms with van der Waals surface area (Å²) in [5.41, 5.74) is 1.76. The summed E-state index contributed by atoms with van der Waals surface area (Å²) in [5.74, 6) is 0.390. The Hall–Kier alpha value is -1.20. The first-order valence-corrected chi connectivity index (χ1v) is 6.88. The maximum atomic E-state index is 13.3. The van der Waals surface area contributed by atoms with Crippen LogP contribution in [-0.4, -0.2) is 15.5 Å². The Balaban J connectivity index is 2.16. The number of nitrogens with zero attached hydrogens (tertiary/aromatic N) is 1. The minimum atomic E-state index is -0.282.